The summed E-state index contributed by atoms with van der Waals surface area (Å²) >= 11 is 0. The fraction of sp³-hybridized carbons (Fsp3) is 0.417. The molecule has 2 aromatic rings. The van der Waals surface area contributed by atoms with Gasteiger partial charge in [-0.15, -0.1) is 0 Å². The molecule has 1 aliphatic rings. The highest BCUT2D eigenvalue weighted by atomic mass is 32.2. The highest BCUT2D eigenvalue weighted by Crippen LogP contribution is 2.48. The molecule has 0 heterocycles. The summed E-state index contributed by atoms with van der Waals surface area (Å²) in [6.45, 7) is 7.17. The second-order valence-electron chi connectivity index (χ2n) is 8.58. The summed E-state index contributed by atoms with van der Waals surface area (Å²) in [5.74, 6) is -1.68. The van der Waals surface area contributed by atoms with Crippen LogP contribution in [-0.4, -0.2) is 44.7 Å². The lowest BCUT2D eigenvalue weighted by Gasteiger charge is -2.17. The zero-order valence-electron chi connectivity index (χ0n) is 20.1. The number of sulfonamides is 1. The Morgan fingerprint density at radius 2 is 1.58 bits per heavy atom. The molecule has 2 aromatic carbocycles. The topological polar surface area (TPSA) is 122 Å². The number of benzene rings is 2. The predicted octanol–water partition coefficient (Wildman–Crippen LogP) is 4.32. The van der Waals surface area contributed by atoms with Gasteiger partial charge in [0.15, 0.2) is 0 Å². The smallest absolute Gasteiger partial charge is 0.490 e. The summed E-state index contributed by atoms with van der Waals surface area (Å²) < 4.78 is 64.9. The van der Waals surface area contributed by atoms with Crippen molar-refractivity contribution in [1.29, 1.82) is 0 Å². The molecule has 1 aliphatic carbocycles. The van der Waals surface area contributed by atoms with Crippen LogP contribution in [0.5, 0.6) is 5.75 Å². The zero-order valence-corrected chi connectivity index (χ0v) is 20.9. The van der Waals surface area contributed by atoms with Crippen LogP contribution in [0.4, 0.5) is 18.9 Å². The third kappa shape index (κ3) is 7.87. The Labute approximate surface area is 207 Å². The number of hydrogen-bond donors (Lipinski definition) is 3. The van der Waals surface area contributed by atoms with Crippen molar-refractivity contribution in [1.82, 2.24) is 5.32 Å². The molecular weight excluding hydrogens is 501 g/mol. The molecule has 0 bridgehead atoms. The van der Waals surface area contributed by atoms with Gasteiger partial charge in [-0.05, 0) is 67.6 Å². The molecule has 1 amide bonds. The minimum Gasteiger partial charge on any atom is -0.494 e. The number of amides is 1. The maximum absolute atomic E-state index is 12.6. The number of hydrogen-bond acceptors (Lipinski definition) is 5. The molecule has 36 heavy (non-hydrogen) atoms. The molecule has 12 heteroatoms. The summed E-state index contributed by atoms with van der Waals surface area (Å²) in [5.41, 5.74) is 0.908. The maximum Gasteiger partial charge on any atom is 0.490 e. The largest absolute Gasteiger partial charge is 0.494 e. The van der Waals surface area contributed by atoms with Crippen LogP contribution in [0.3, 0.4) is 0 Å². The molecular formula is C24H29F3N2O6S. The highest BCUT2D eigenvalue weighted by Gasteiger charge is 2.51. The number of ether oxygens (including phenoxy) is 1. The maximum atomic E-state index is 12.6. The van der Waals surface area contributed by atoms with E-state index >= 15 is 0 Å². The molecule has 3 rings (SSSR count). The predicted molar refractivity (Wildman–Crippen MR) is 127 cm³/mol. The Kier molecular flexibility index (Phi) is 9.36. The minimum atomic E-state index is -5.08. The van der Waals surface area contributed by atoms with Crippen molar-refractivity contribution in [3.8, 4) is 5.75 Å². The van der Waals surface area contributed by atoms with E-state index in [-0.39, 0.29) is 10.8 Å². The number of carbonyl (C=O) groups excluding carboxylic acids is 1. The van der Waals surface area contributed by atoms with Crippen LogP contribution < -0.4 is 14.8 Å². The normalized spacial score (nSPS) is 14.3. The van der Waals surface area contributed by atoms with Crippen molar-refractivity contribution in [3.63, 3.8) is 0 Å². The molecule has 0 aromatic heterocycles. The van der Waals surface area contributed by atoms with Gasteiger partial charge in [0.2, 0.25) is 5.91 Å². The highest BCUT2D eigenvalue weighted by molar-refractivity contribution is 7.92. The molecule has 0 saturated heterocycles. The lowest BCUT2D eigenvalue weighted by Crippen LogP contribution is -2.36. The second-order valence-corrected chi connectivity index (χ2v) is 10.3. The Morgan fingerprint density at radius 3 is 2.00 bits per heavy atom. The number of alkyl halides is 3. The van der Waals surface area contributed by atoms with E-state index in [0.717, 1.165) is 18.4 Å². The van der Waals surface area contributed by atoms with Crippen LogP contribution in [0.1, 0.15) is 39.2 Å². The van der Waals surface area contributed by atoms with Gasteiger partial charge in [-0.3, -0.25) is 9.52 Å². The van der Waals surface area contributed by atoms with E-state index in [1.165, 1.54) is 12.1 Å². The van der Waals surface area contributed by atoms with Gasteiger partial charge < -0.3 is 15.2 Å². The van der Waals surface area contributed by atoms with Crippen molar-refractivity contribution in [2.75, 3.05) is 17.9 Å². The number of carboxylic acids is 1. The summed E-state index contributed by atoms with van der Waals surface area (Å²) in [6.07, 6.45) is -3.46. The summed E-state index contributed by atoms with van der Waals surface area (Å²) in [7, 11) is -3.70. The summed E-state index contributed by atoms with van der Waals surface area (Å²) in [6, 6.07) is 13.4. The van der Waals surface area contributed by atoms with Crippen LogP contribution in [0.2, 0.25) is 0 Å². The number of rotatable bonds is 9. The molecule has 0 aliphatic heterocycles. The molecule has 8 nitrogen and oxygen atoms in total. The van der Waals surface area contributed by atoms with Gasteiger partial charge >= 0.3 is 12.1 Å². The minimum absolute atomic E-state index is 0.0499. The number of halogens is 3. The van der Waals surface area contributed by atoms with E-state index in [4.69, 9.17) is 14.6 Å². The molecule has 1 fully saturated rings. The Morgan fingerprint density at radius 1 is 1.06 bits per heavy atom. The molecule has 1 saturated carbocycles. The van der Waals surface area contributed by atoms with Gasteiger partial charge in [0, 0.05) is 12.2 Å². The first kappa shape index (κ1) is 29.0. The number of carboxylic acid groups (broad SMARTS) is 1. The monoisotopic (exact) mass is 530 g/mol. The van der Waals surface area contributed by atoms with E-state index in [2.05, 4.69) is 23.9 Å². The molecule has 0 radical (unpaired) electrons. The second kappa shape index (κ2) is 11.6. The Bertz CT molecular complexity index is 1140. The fourth-order valence-corrected chi connectivity index (χ4v) is 4.25. The third-order valence-corrected chi connectivity index (χ3v) is 6.63. The van der Waals surface area contributed by atoms with Gasteiger partial charge in [0.25, 0.3) is 10.0 Å². The quantitative estimate of drug-likeness (QED) is 0.444. The number of nitrogens with one attached hydrogen (secondary N) is 2. The van der Waals surface area contributed by atoms with Crippen molar-refractivity contribution in [2.24, 2.45) is 5.92 Å². The number of aliphatic carboxylic acids is 1. The molecule has 0 atom stereocenters. The molecule has 198 valence electrons. The average Bonchev–Trinajstić information content (AvgIpc) is 3.60. The average molecular weight is 531 g/mol. The number of anilines is 1. The lowest BCUT2D eigenvalue weighted by molar-refractivity contribution is -0.192. The standard InChI is InChI=1S/C22H28N2O4S.C2HF3O2/c1-4-28-19-9-11-20(12-10-19)29(26,27)24-18-7-5-17(6-8-18)22(13-14-22)21(25)23-15-16(2)3;3-2(4,5)1(6)7/h5-12,16,24H,4,13-15H2,1-3H3,(H,23,25);(H,6,7). The first-order valence-electron chi connectivity index (χ1n) is 11.2. The van der Waals surface area contributed by atoms with Gasteiger partial charge in [0.1, 0.15) is 5.75 Å². The van der Waals surface area contributed by atoms with Gasteiger partial charge in [-0.2, -0.15) is 13.2 Å². The fourth-order valence-electron chi connectivity index (χ4n) is 3.19. The molecule has 3 N–H and O–H groups in total. The van der Waals surface area contributed by atoms with Crippen LogP contribution in [0.25, 0.3) is 0 Å². The summed E-state index contributed by atoms with van der Waals surface area (Å²) in [5, 5.41) is 10.1. The first-order valence-corrected chi connectivity index (χ1v) is 12.6. The Hall–Kier alpha value is -3.28. The van der Waals surface area contributed by atoms with Crippen LogP contribution >= 0.6 is 0 Å². The van der Waals surface area contributed by atoms with Crippen LogP contribution in [0, 0.1) is 5.92 Å². The lowest BCUT2D eigenvalue weighted by atomic mass is 9.94. The Balaban J connectivity index is 0.000000572. The van der Waals surface area contributed by atoms with Crippen molar-refractivity contribution in [3.05, 3.63) is 54.1 Å². The van der Waals surface area contributed by atoms with Gasteiger partial charge in [0.05, 0.1) is 16.9 Å². The SMILES string of the molecule is CCOc1ccc(S(=O)(=O)Nc2ccc(C3(C(=O)NCC(C)C)CC3)cc2)cc1.O=C(O)C(F)(F)F. The zero-order chi connectivity index (χ0) is 27.1. The van der Waals surface area contributed by atoms with E-state index < -0.39 is 27.6 Å². The van der Waals surface area contributed by atoms with Crippen molar-refractivity contribution in [2.45, 2.75) is 50.1 Å². The third-order valence-electron chi connectivity index (χ3n) is 5.23. The van der Waals surface area contributed by atoms with Gasteiger partial charge in [-0.1, -0.05) is 26.0 Å². The van der Waals surface area contributed by atoms with Gasteiger partial charge in [-0.25, -0.2) is 13.2 Å². The number of carbonyl (C=O) groups is 2. The van der Waals surface area contributed by atoms with E-state index in [0.29, 0.717) is 30.5 Å². The molecule has 0 spiro atoms. The molecule has 0 unspecified atom stereocenters. The first-order chi connectivity index (χ1) is 16.7. The van der Waals surface area contributed by atoms with Crippen molar-refractivity contribution >= 4 is 27.6 Å². The van der Waals surface area contributed by atoms with Crippen LogP contribution in [-0.2, 0) is 25.0 Å². The van der Waals surface area contributed by atoms with E-state index in [1.807, 2.05) is 19.1 Å². The van der Waals surface area contributed by atoms with Crippen LogP contribution in [0.15, 0.2) is 53.4 Å². The summed E-state index contributed by atoms with van der Waals surface area (Å²) in [4.78, 5) is 21.6. The van der Waals surface area contributed by atoms with E-state index in [1.54, 1.807) is 24.3 Å². The van der Waals surface area contributed by atoms with Crippen molar-refractivity contribution < 1.29 is 41.0 Å². The van der Waals surface area contributed by atoms with E-state index in [9.17, 15) is 26.4 Å².